The van der Waals surface area contributed by atoms with Gasteiger partial charge in [-0.2, -0.15) is 0 Å². The van der Waals surface area contributed by atoms with Gasteiger partial charge >= 0.3 is 0 Å². The summed E-state index contributed by atoms with van der Waals surface area (Å²) in [7, 11) is 0. The highest BCUT2D eigenvalue weighted by molar-refractivity contribution is 7.15. The Kier molecular flexibility index (Phi) is 2.41. The van der Waals surface area contributed by atoms with Crippen LogP contribution < -0.4 is 0 Å². The summed E-state index contributed by atoms with van der Waals surface area (Å²) in [6, 6.07) is 1.81. The van der Waals surface area contributed by atoms with E-state index in [2.05, 4.69) is 15.0 Å². The van der Waals surface area contributed by atoms with Crippen molar-refractivity contribution < 1.29 is 0 Å². The van der Waals surface area contributed by atoms with Crippen LogP contribution >= 0.6 is 22.9 Å². The maximum Gasteiger partial charge on any atom is 0.133 e. The standard InChI is InChI=1S/C11H10ClN3S/c1-6-13-5-9(16-6)8-4-10(12)15-11(14-8)7-2-3-7/h4-5,7H,2-3H2,1H3. The van der Waals surface area contributed by atoms with Crippen LogP contribution in [0.5, 0.6) is 0 Å². The van der Waals surface area contributed by atoms with Gasteiger partial charge < -0.3 is 0 Å². The Morgan fingerprint density at radius 3 is 2.81 bits per heavy atom. The molecule has 3 rings (SSSR count). The third-order valence-electron chi connectivity index (χ3n) is 2.53. The summed E-state index contributed by atoms with van der Waals surface area (Å²) in [6.07, 6.45) is 4.21. The van der Waals surface area contributed by atoms with E-state index in [4.69, 9.17) is 11.6 Å². The average Bonchev–Trinajstić information content (AvgIpc) is 3.01. The van der Waals surface area contributed by atoms with Crippen LogP contribution in [0.15, 0.2) is 12.3 Å². The molecule has 2 heterocycles. The molecule has 1 aliphatic rings. The van der Waals surface area contributed by atoms with Gasteiger partial charge in [0.15, 0.2) is 0 Å². The van der Waals surface area contributed by atoms with Crippen LogP contribution in [0.2, 0.25) is 5.15 Å². The zero-order valence-corrected chi connectivity index (χ0v) is 10.3. The van der Waals surface area contributed by atoms with Crippen molar-refractivity contribution in [1.29, 1.82) is 0 Å². The van der Waals surface area contributed by atoms with E-state index in [0.29, 0.717) is 11.1 Å². The first-order chi connectivity index (χ1) is 7.72. The number of thiazole rings is 1. The Bertz CT molecular complexity index is 534. The van der Waals surface area contributed by atoms with E-state index >= 15 is 0 Å². The monoisotopic (exact) mass is 251 g/mol. The molecule has 0 aromatic carbocycles. The molecule has 0 aliphatic heterocycles. The second kappa shape index (κ2) is 3.79. The summed E-state index contributed by atoms with van der Waals surface area (Å²) >= 11 is 7.64. The first-order valence-electron chi connectivity index (χ1n) is 5.19. The molecule has 1 fully saturated rings. The predicted octanol–water partition coefficient (Wildman–Crippen LogP) is 3.44. The van der Waals surface area contributed by atoms with Gasteiger partial charge in [0.05, 0.1) is 15.6 Å². The topological polar surface area (TPSA) is 38.7 Å². The second-order valence-electron chi connectivity index (χ2n) is 3.95. The maximum absolute atomic E-state index is 6.01. The molecule has 82 valence electrons. The summed E-state index contributed by atoms with van der Waals surface area (Å²) in [5, 5.41) is 1.57. The van der Waals surface area contributed by atoms with E-state index in [1.807, 2.05) is 13.1 Å². The van der Waals surface area contributed by atoms with Crippen molar-refractivity contribution in [2.75, 3.05) is 0 Å². The van der Waals surface area contributed by atoms with Crippen molar-refractivity contribution in [2.45, 2.75) is 25.7 Å². The van der Waals surface area contributed by atoms with Gasteiger partial charge in [0.2, 0.25) is 0 Å². The first-order valence-corrected chi connectivity index (χ1v) is 6.39. The summed E-state index contributed by atoms with van der Waals surface area (Å²) in [5.41, 5.74) is 0.896. The van der Waals surface area contributed by atoms with Crippen LogP contribution in [0.25, 0.3) is 10.6 Å². The Hall–Kier alpha value is -1.00. The van der Waals surface area contributed by atoms with Crippen LogP contribution in [0.3, 0.4) is 0 Å². The van der Waals surface area contributed by atoms with Gasteiger partial charge in [-0.15, -0.1) is 11.3 Å². The number of aromatic nitrogens is 3. The Labute approximate surface area is 103 Å². The fraction of sp³-hybridized carbons (Fsp3) is 0.364. The fourth-order valence-electron chi connectivity index (χ4n) is 1.57. The molecule has 0 unspecified atom stereocenters. The maximum atomic E-state index is 6.01. The molecule has 1 aliphatic carbocycles. The third-order valence-corrected chi connectivity index (χ3v) is 3.66. The van der Waals surface area contributed by atoms with E-state index in [1.165, 1.54) is 12.8 Å². The Morgan fingerprint density at radius 1 is 1.38 bits per heavy atom. The lowest BCUT2D eigenvalue weighted by Crippen LogP contribution is -1.94. The van der Waals surface area contributed by atoms with E-state index in [9.17, 15) is 0 Å². The zero-order chi connectivity index (χ0) is 11.1. The molecule has 0 bridgehead atoms. The molecular weight excluding hydrogens is 242 g/mol. The van der Waals surface area contributed by atoms with Crippen molar-refractivity contribution >= 4 is 22.9 Å². The molecule has 2 aromatic heterocycles. The molecule has 16 heavy (non-hydrogen) atoms. The van der Waals surface area contributed by atoms with Gasteiger partial charge in [0.25, 0.3) is 0 Å². The van der Waals surface area contributed by atoms with E-state index in [-0.39, 0.29) is 0 Å². The lowest BCUT2D eigenvalue weighted by Gasteiger charge is -2.01. The summed E-state index contributed by atoms with van der Waals surface area (Å²) in [4.78, 5) is 14.1. The van der Waals surface area contributed by atoms with Crippen LogP contribution in [-0.4, -0.2) is 15.0 Å². The van der Waals surface area contributed by atoms with Crippen molar-refractivity contribution in [1.82, 2.24) is 15.0 Å². The molecule has 3 nitrogen and oxygen atoms in total. The van der Waals surface area contributed by atoms with Gasteiger partial charge in [-0.25, -0.2) is 15.0 Å². The summed E-state index contributed by atoms with van der Waals surface area (Å²) in [5.74, 6) is 1.40. The molecule has 2 aromatic rings. The molecular formula is C11H10ClN3S. The fourth-order valence-corrected chi connectivity index (χ4v) is 2.49. The molecule has 0 radical (unpaired) electrons. The molecule has 0 N–H and O–H groups in total. The number of nitrogens with zero attached hydrogens (tertiary/aromatic N) is 3. The second-order valence-corrected chi connectivity index (χ2v) is 5.57. The van der Waals surface area contributed by atoms with Gasteiger partial charge in [0.1, 0.15) is 11.0 Å². The minimum atomic E-state index is 0.520. The molecule has 0 atom stereocenters. The van der Waals surface area contributed by atoms with Gasteiger partial charge in [-0.1, -0.05) is 11.6 Å². The number of aryl methyl sites for hydroxylation is 1. The average molecular weight is 252 g/mol. The lowest BCUT2D eigenvalue weighted by molar-refractivity contribution is 0.932. The molecule has 5 heteroatoms. The zero-order valence-electron chi connectivity index (χ0n) is 8.77. The van der Waals surface area contributed by atoms with Crippen LogP contribution in [-0.2, 0) is 0 Å². The highest BCUT2D eigenvalue weighted by Crippen LogP contribution is 2.39. The van der Waals surface area contributed by atoms with Gasteiger partial charge in [-0.3, -0.25) is 0 Å². The Morgan fingerprint density at radius 2 is 2.19 bits per heavy atom. The van der Waals surface area contributed by atoms with Crippen LogP contribution in [0.1, 0.15) is 29.6 Å². The highest BCUT2D eigenvalue weighted by atomic mass is 35.5. The number of rotatable bonds is 2. The lowest BCUT2D eigenvalue weighted by atomic mass is 10.3. The SMILES string of the molecule is Cc1ncc(-c2cc(Cl)nc(C3CC3)n2)s1. The van der Waals surface area contributed by atoms with Crippen LogP contribution in [0.4, 0.5) is 0 Å². The van der Waals surface area contributed by atoms with E-state index < -0.39 is 0 Å². The largest absolute Gasteiger partial charge is 0.249 e. The van der Waals surface area contributed by atoms with Crippen molar-refractivity contribution in [2.24, 2.45) is 0 Å². The van der Waals surface area contributed by atoms with Gasteiger partial charge in [-0.05, 0) is 19.8 Å². The number of hydrogen-bond acceptors (Lipinski definition) is 4. The van der Waals surface area contributed by atoms with Gasteiger partial charge in [0, 0.05) is 18.2 Å². The number of halogens is 1. The quantitative estimate of drug-likeness (QED) is 0.768. The Balaban J connectivity index is 2.06. The van der Waals surface area contributed by atoms with E-state index in [0.717, 1.165) is 21.4 Å². The molecule has 0 saturated heterocycles. The van der Waals surface area contributed by atoms with Crippen molar-refractivity contribution in [3.63, 3.8) is 0 Å². The van der Waals surface area contributed by atoms with Crippen LogP contribution in [0, 0.1) is 6.92 Å². The van der Waals surface area contributed by atoms with Crippen molar-refractivity contribution in [3.8, 4) is 10.6 Å². The van der Waals surface area contributed by atoms with Crippen molar-refractivity contribution in [3.05, 3.63) is 28.2 Å². The molecule has 1 saturated carbocycles. The summed E-state index contributed by atoms with van der Waals surface area (Å²) in [6.45, 7) is 1.98. The number of hydrogen-bond donors (Lipinski definition) is 0. The third kappa shape index (κ3) is 1.95. The smallest absolute Gasteiger partial charge is 0.133 e. The molecule has 0 amide bonds. The summed E-state index contributed by atoms with van der Waals surface area (Å²) < 4.78 is 0. The highest BCUT2D eigenvalue weighted by Gasteiger charge is 2.27. The first kappa shape index (κ1) is 10.2. The minimum absolute atomic E-state index is 0.520. The van der Waals surface area contributed by atoms with E-state index in [1.54, 1.807) is 17.4 Å². The molecule has 0 spiro atoms. The normalized spacial score (nSPS) is 15.4. The minimum Gasteiger partial charge on any atom is -0.249 e. The predicted molar refractivity (Wildman–Crippen MR) is 64.9 cm³/mol.